The zero-order valence-electron chi connectivity index (χ0n) is 46.3. The topological polar surface area (TPSA) is 237 Å². The van der Waals surface area contributed by atoms with Gasteiger partial charge in [0.15, 0.2) is 12.2 Å². The SMILES string of the molecule is CCCCCC/C=C\C=C/CCCCCCCC(=O)O[C@H](COC(=O)CCCCCCCCCCC)COP(=O)(O)OC[C@@H](O)COP(=O)(O)OC[C@@H](COC(=O)CCCCCCC)OC(=O)CCCCCCC. The van der Waals surface area contributed by atoms with Gasteiger partial charge < -0.3 is 33.8 Å². The highest BCUT2D eigenvalue weighted by Crippen LogP contribution is 2.45. The van der Waals surface area contributed by atoms with Crippen molar-refractivity contribution in [3.8, 4) is 0 Å². The Bertz CT molecular complexity index is 1540. The average Bonchev–Trinajstić information content (AvgIpc) is 3.37. The lowest BCUT2D eigenvalue weighted by Crippen LogP contribution is -2.30. The summed E-state index contributed by atoms with van der Waals surface area (Å²) < 4.78 is 67.1. The molecule has 0 heterocycles. The summed E-state index contributed by atoms with van der Waals surface area (Å²) in [4.78, 5) is 71.2. The van der Waals surface area contributed by atoms with Gasteiger partial charge in [0.05, 0.1) is 26.4 Å². The number of carbonyl (C=O) groups is 4. The van der Waals surface area contributed by atoms with Gasteiger partial charge in [0, 0.05) is 25.7 Å². The second-order valence-corrected chi connectivity index (χ2v) is 22.2. The Morgan fingerprint density at radius 1 is 0.378 bits per heavy atom. The van der Waals surface area contributed by atoms with Crippen molar-refractivity contribution in [1.82, 2.24) is 0 Å². The molecule has 74 heavy (non-hydrogen) atoms. The monoisotopic (exact) mass is 1100 g/mol. The molecule has 19 heteroatoms. The summed E-state index contributed by atoms with van der Waals surface area (Å²) in [5.74, 6) is -2.20. The van der Waals surface area contributed by atoms with Crippen LogP contribution in [0.3, 0.4) is 0 Å². The molecule has 5 atom stereocenters. The molecule has 0 aliphatic heterocycles. The first-order valence-corrected chi connectivity index (χ1v) is 31.6. The number of aliphatic hydroxyl groups is 1. The van der Waals surface area contributed by atoms with Gasteiger partial charge in [-0.15, -0.1) is 0 Å². The Labute approximate surface area is 446 Å². The molecule has 0 saturated heterocycles. The van der Waals surface area contributed by atoms with E-state index >= 15 is 0 Å². The first-order valence-electron chi connectivity index (χ1n) is 28.6. The van der Waals surface area contributed by atoms with Gasteiger partial charge in [-0.05, 0) is 51.4 Å². The van der Waals surface area contributed by atoms with Crippen LogP contribution >= 0.6 is 15.6 Å². The highest BCUT2D eigenvalue weighted by atomic mass is 31.2. The molecule has 0 aliphatic carbocycles. The van der Waals surface area contributed by atoms with Crippen LogP contribution < -0.4 is 0 Å². The molecule has 0 aromatic carbocycles. The Morgan fingerprint density at radius 3 is 0.986 bits per heavy atom. The van der Waals surface area contributed by atoms with Crippen LogP contribution in [0, 0.1) is 0 Å². The summed E-state index contributed by atoms with van der Waals surface area (Å²) in [6, 6.07) is 0. The molecule has 0 saturated carbocycles. The molecule has 0 rings (SSSR count). The summed E-state index contributed by atoms with van der Waals surface area (Å²) in [6.07, 6.45) is 35.1. The number of hydrogen-bond acceptors (Lipinski definition) is 15. The number of phosphoric ester groups is 2. The standard InChI is InChI=1S/C55H102O17P2/c1-5-9-13-17-19-21-22-23-24-25-26-28-30-34-38-42-55(60)72-51(46-66-53(58)40-36-33-29-27-20-18-14-10-6-2)48-70-74(63,64)68-44-49(56)43-67-73(61,62)69-47-50(71-54(59)41-37-32-16-12-8-4)45-65-52(57)39-35-31-15-11-7-3/h21-24,49-51,56H,5-20,25-48H2,1-4H3,(H,61,62)(H,63,64)/b22-21-,24-23-/t49-,50+,51+/m0/s1. The Morgan fingerprint density at radius 2 is 0.649 bits per heavy atom. The predicted molar refractivity (Wildman–Crippen MR) is 289 cm³/mol. The molecule has 3 N–H and O–H groups in total. The van der Waals surface area contributed by atoms with Crippen LogP contribution in [0.15, 0.2) is 24.3 Å². The molecule has 0 radical (unpaired) electrons. The van der Waals surface area contributed by atoms with Crippen molar-refractivity contribution in [3.63, 3.8) is 0 Å². The number of phosphoric acid groups is 2. The Kier molecular flexibility index (Phi) is 48.4. The number of unbranched alkanes of at least 4 members (excludes halogenated alkanes) is 25. The number of aliphatic hydroxyl groups excluding tert-OH is 1. The molecule has 17 nitrogen and oxygen atoms in total. The van der Waals surface area contributed by atoms with E-state index in [-0.39, 0.29) is 25.7 Å². The number of rotatable bonds is 54. The van der Waals surface area contributed by atoms with Crippen LogP contribution in [0.1, 0.15) is 246 Å². The van der Waals surface area contributed by atoms with E-state index < -0.39 is 97.5 Å². The van der Waals surface area contributed by atoms with E-state index in [1.807, 2.05) is 0 Å². The maximum Gasteiger partial charge on any atom is 0.472 e. The van der Waals surface area contributed by atoms with Gasteiger partial charge in [0.1, 0.15) is 19.3 Å². The van der Waals surface area contributed by atoms with Crippen LogP contribution in [-0.2, 0) is 65.4 Å². The minimum atomic E-state index is -4.94. The van der Waals surface area contributed by atoms with Crippen molar-refractivity contribution in [3.05, 3.63) is 24.3 Å². The average molecular weight is 1100 g/mol. The van der Waals surface area contributed by atoms with Gasteiger partial charge in [0.25, 0.3) is 0 Å². The third-order valence-electron chi connectivity index (χ3n) is 12.0. The lowest BCUT2D eigenvalue weighted by molar-refractivity contribution is -0.161. The number of carbonyl (C=O) groups excluding carboxylic acids is 4. The van der Waals surface area contributed by atoms with Crippen molar-refractivity contribution in [2.75, 3.05) is 39.6 Å². The summed E-state index contributed by atoms with van der Waals surface area (Å²) in [7, 11) is -9.86. The molecule has 0 aromatic heterocycles. The van der Waals surface area contributed by atoms with E-state index in [0.29, 0.717) is 25.7 Å². The lowest BCUT2D eigenvalue weighted by Gasteiger charge is -2.21. The van der Waals surface area contributed by atoms with Gasteiger partial charge in [-0.2, -0.15) is 0 Å². The van der Waals surface area contributed by atoms with E-state index in [0.717, 1.165) is 109 Å². The second-order valence-electron chi connectivity index (χ2n) is 19.3. The second kappa shape index (κ2) is 50.1. The number of esters is 4. The highest BCUT2D eigenvalue weighted by molar-refractivity contribution is 7.47. The summed E-state index contributed by atoms with van der Waals surface area (Å²) in [5, 5.41) is 10.4. The smallest absolute Gasteiger partial charge is 0.462 e. The van der Waals surface area contributed by atoms with Gasteiger partial charge in [0.2, 0.25) is 0 Å². The Balaban J connectivity index is 5.16. The van der Waals surface area contributed by atoms with Crippen LogP contribution in [0.4, 0.5) is 0 Å². The molecular formula is C55H102O17P2. The Hall–Kier alpha value is -2.46. The van der Waals surface area contributed by atoms with Crippen LogP contribution in [0.2, 0.25) is 0 Å². The van der Waals surface area contributed by atoms with E-state index in [4.69, 9.17) is 37.0 Å². The molecular weight excluding hydrogens is 995 g/mol. The van der Waals surface area contributed by atoms with Crippen molar-refractivity contribution >= 4 is 39.5 Å². The van der Waals surface area contributed by atoms with Crippen LogP contribution in [0.5, 0.6) is 0 Å². The molecule has 0 spiro atoms. The van der Waals surface area contributed by atoms with Crippen LogP contribution in [0.25, 0.3) is 0 Å². The minimum absolute atomic E-state index is 0.0848. The minimum Gasteiger partial charge on any atom is -0.462 e. The van der Waals surface area contributed by atoms with Gasteiger partial charge in [-0.1, -0.05) is 193 Å². The molecule has 0 fully saturated rings. The maximum absolute atomic E-state index is 12.9. The fourth-order valence-corrected chi connectivity index (χ4v) is 9.08. The fraction of sp³-hybridized carbons (Fsp3) is 0.855. The van der Waals surface area contributed by atoms with Crippen molar-refractivity contribution < 1.29 is 80.2 Å². The summed E-state index contributed by atoms with van der Waals surface area (Å²) >= 11 is 0. The van der Waals surface area contributed by atoms with Crippen LogP contribution in [-0.4, -0.2) is 96.7 Å². The van der Waals surface area contributed by atoms with Crippen molar-refractivity contribution in [2.24, 2.45) is 0 Å². The summed E-state index contributed by atoms with van der Waals surface area (Å²) in [5.41, 5.74) is 0. The zero-order valence-corrected chi connectivity index (χ0v) is 48.1. The molecule has 2 unspecified atom stereocenters. The molecule has 0 aromatic rings. The largest absolute Gasteiger partial charge is 0.472 e. The molecule has 434 valence electrons. The van der Waals surface area contributed by atoms with Gasteiger partial charge in [-0.25, -0.2) is 9.13 Å². The maximum atomic E-state index is 12.9. The predicted octanol–water partition coefficient (Wildman–Crippen LogP) is 14.0. The molecule has 0 aliphatic rings. The first-order chi connectivity index (χ1) is 35.7. The lowest BCUT2D eigenvalue weighted by atomic mass is 10.1. The van der Waals surface area contributed by atoms with E-state index in [1.54, 1.807) is 0 Å². The quantitative estimate of drug-likeness (QED) is 0.0169. The molecule has 0 amide bonds. The zero-order chi connectivity index (χ0) is 54.8. The van der Waals surface area contributed by atoms with E-state index in [1.165, 1.54) is 57.8 Å². The van der Waals surface area contributed by atoms with Gasteiger partial charge in [-0.3, -0.25) is 37.3 Å². The third kappa shape index (κ3) is 49.1. The van der Waals surface area contributed by atoms with Crippen molar-refractivity contribution in [1.29, 1.82) is 0 Å². The normalized spacial score (nSPS) is 14.6. The third-order valence-corrected chi connectivity index (χ3v) is 13.9. The molecule has 0 bridgehead atoms. The van der Waals surface area contributed by atoms with Crippen molar-refractivity contribution in [2.45, 2.75) is 264 Å². The fourth-order valence-electron chi connectivity index (χ4n) is 7.50. The number of allylic oxidation sites excluding steroid dienone is 4. The first kappa shape index (κ1) is 71.5. The number of ether oxygens (including phenoxy) is 4. The number of hydrogen-bond donors (Lipinski definition) is 3. The summed E-state index contributed by atoms with van der Waals surface area (Å²) in [6.45, 7) is 4.55. The highest BCUT2D eigenvalue weighted by Gasteiger charge is 2.30. The van der Waals surface area contributed by atoms with Gasteiger partial charge >= 0.3 is 39.5 Å². The van der Waals surface area contributed by atoms with E-state index in [2.05, 4.69) is 52.0 Å². The van der Waals surface area contributed by atoms with E-state index in [9.17, 15) is 43.2 Å².